The minimum atomic E-state index is -2.94. The number of aromatic nitrogens is 2. The zero-order valence-electron chi connectivity index (χ0n) is 22.0. The van der Waals surface area contributed by atoms with E-state index in [9.17, 15) is 18.7 Å². The van der Waals surface area contributed by atoms with Gasteiger partial charge in [-0.3, -0.25) is 9.58 Å². The summed E-state index contributed by atoms with van der Waals surface area (Å²) < 4.78 is 28.9. The molecule has 2 saturated heterocycles. The summed E-state index contributed by atoms with van der Waals surface area (Å²) in [5.41, 5.74) is 3.04. The van der Waals surface area contributed by atoms with Crippen molar-refractivity contribution >= 4 is 28.9 Å². The molecule has 3 aromatic rings. The van der Waals surface area contributed by atoms with Gasteiger partial charge in [0.15, 0.2) is 0 Å². The van der Waals surface area contributed by atoms with Crippen LogP contribution in [0.5, 0.6) is 0 Å². The Hall–Kier alpha value is -3.68. The number of aromatic carboxylic acids is 1. The molecular formula is C29H31ClF2N6O2. The second-order valence-electron chi connectivity index (χ2n) is 10.2. The Kier molecular flexibility index (Phi) is 8.52. The van der Waals surface area contributed by atoms with Gasteiger partial charge in [0.25, 0.3) is 6.43 Å². The highest BCUT2D eigenvalue weighted by atomic mass is 35.5. The van der Waals surface area contributed by atoms with Gasteiger partial charge in [0.2, 0.25) is 0 Å². The lowest BCUT2D eigenvalue weighted by Gasteiger charge is -2.36. The first-order valence-corrected chi connectivity index (χ1v) is 13.8. The van der Waals surface area contributed by atoms with E-state index >= 15 is 0 Å². The van der Waals surface area contributed by atoms with Gasteiger partial charge < -0.3 is 14.9 Å². The van der Waals surface area contributed by atoms with E-state index in [0.717, 1.165) is 74.4 Å². The van der Waals surface area contributed by atoms with Gasteiger partial charge in [-0.05, 0) is 42.7 Å². The third-order valence-corrected chi connectivity index (χ3v) is 8.00. The monoisotopic (exact) mass is 568 g/mol. The number of carboxylic acids is 1. The summed E-state index contributed by atoms with van der Waals surface area (Å²) in [6, 6.07) is 15.9. The molecule has 0 aliphatic carbocycles. The minimum Gasteiger partial charge on any atom is -0.478 e. The number of carbonyl (C=O) groups is 1. The lowest BCUT2D eigenvalue weighted by molar-refractivity contribution is 0.0681. The maximum absolute atomic E-state index is 13.9. The first kappa shape index (κ1) is 27.9. The molecule has 0 saturated carbocycles. The van der Waals surface area contributed by atoms with E-state index in [-0.39, 0.29) is 0 Å². The van der Waals surface area contributed by atoms with Crippen molar-refractivity contribution in [3.8, 4) is 17.2 Å². The first-order valence-electron chi connectivity index (χ1n) is 13.4. The lowest BCUT2D eigenvalue weighted by Crippen LogP contribution is -2.46. The molecule has 1 aromatic heterocycles. The molecule has 2 aromatic carbocycles. The van der Waals surface area contributed by atoms with E-state index in [1.165, 1.54) is 4.68 Å². The van der Waals surface area contributed by atoms with Crippen molar-refractivity contribution in [2.45, 2.75) is 31.7 Å². The van der Waals surface area contributed by atoms with Crippen LogP contribution in [-0.4, -0.2) is 71.6 Å². The number of anilines is 2. The van der Waals surface area contributed by atoms with Crippen molar-refractivity contribution in [1.29, 1.82) is 5.26 Å². The zero-order chi connectivity index (χ0) is 28.2. The number of piperazine rings is 1. The number of hydrogen-bond acceptors (Lipinski definition) is 6. The molecule has 40 heavy (non-hydrogen) atoms. The van der Waals surface area contributed by atoms with Crippen LogP contribution in [0, 0.1) is 11.3 Å². The summed E-state index contributed by atoms with van der Waals surface area (Å²) in [6.07, 6.45) is -0.0213. The Labute approximate surface area is 237 Å². The highest BCUT2D eigenvalue weighted by Crippen LogP contribution is 2.38. The molecule has 3 heterocycles. The predicted molar refractivity (Wildman–Crippen MR) is 150 cm³/mol. The predicted octanol–water partition coefficient (Wildman–Crippen LogP) is 5.72. The summed E-state index contributed by atoms with van der Waals surface area (Å²) in [6.45, 7) is 5.60. The molecule has 0 bridgehead atoms. The van der Waals surface area contributed by atoms with Crippen LogP contribution in [0.3, 0.4) is 0 Å². The SMILES string of the molecule is N#CCCN1CCN(c2ccc(-c3ccc(Cl)cc3N3CCCC(n4ncc(C(=O)O)c4C(F)F)C3)cc2)CC1. The first-order chi connectivity index (χ1) is 19.4. The average Bonchev–Trinajstić information content (AvgIpc) is 3.43. The van der Waals surface area contributed by atoms with E-state index in [0.29, 0.717) is 24.4 Å². The van der Waals surface area contributed by atoms with Gasteiger partial charge in [0, 0.05) is 74.2 Å². The van der Waals surface area contributed by atoms with Crippen LogP contribution in [-0.2, 0) is 0 Å². The summed E-state index contributed by atoms with van der Waals surface area (Å²) in [5.74, 6) is -1.41. The summed E-state index contributed by atoms with van der Waals surface area (Å²) >= 11 is 6.42. The van der Waals surface area contributed by atoms with Crippen molar-refractivity contribution in [3.05, 3.63) is 64.9 Å². The van der Waals surface area contributed by atoms with Gasteiger partial charge in [0.05, 0.1) is 18.3 Å². The number of benzene rings is 2. The highest BCUT2D eigenvalue weighted by Gasteiger charge is 2.31. The molecule has 0 spiro atoms. The Balaban J connectivity index is 1.36. The molecular weight excluding hydrogens is 538 g/mol. The van der Waals surface area contributed by atoms with Crippen molar-refractivity contribution in [2.75, 3.05) is 55.6 Å². The van der Waals surface area contributed by atoms with E-state index in [1.54, 1.807) is 0 Å². The van der Waals surface area contributed by atoms with Crippen molar-refractivity contribution < 1.29 is 18.7 Å². The third-order valence-electron chi connectivity index (χ3n) is 7.77. The van der Waals surface area contributed by atoms with E-state index in [2.05, 4.69) is 50.1 Å². The lowest BCUT2D eigenvalue weighted by atomic mass is 9.99. The van der Waals surface area contributed by atoms with Crippen molar-refractivity contribution in [2.24, 2.45) is 0 Å². The normalized spacial score (nSPS) is 18.2. The number of piperidine rings is 1. The van der Waals surface area contributed by atoms with Crippen LogP contribution in [0.2, 0.25) is 5.02 Å². The Morgan fingerprint density at radius 2 is 1.85 bits per heavy atom. The number of carboxylic acid groups (broad SMARTS) is 1. The molecule has 0 amide bonds. The van der Waals surface area contributed by atoms with Crippen LogP contribution in [0.15, 0.2) is 48.7 Å². The number of hydrogen-bond donors (Lipinski definition) is 1. The smallest absolute Gasteiger partial charge is 0.339 e. The molecule has 11 heteroatoms. The van der Waals surface area contributed by atoms with E-state index < -0.39 is 29.7 Å². The fraction of sp³-hybridized carbons (Fsp3) is 0.414. The Morgan fingerprint density at radius 1 is 1.10 bits per heavy atom. The van der Waals surface area contributed by atoms with Gasteiger partial charge in [-0.1, -0.05) is 29.8 Å². The zero-order valence-corrected chi connectivity index (χ0v) is 22.8. The van der Waals surface area contributed by atoms with Crippen molar-refractivity contribution in [3.63, 3.8) is 0 Å². The van der Waals surface area contributed by atoms with Gasteiger partial charge in [-0.2, -0.15) is 10.4 Å². The number of nitriles is 1. The van der Waals surface area contributed by atoms with Gasteiger partial charge in [0.1, 0.15) is 11.3 Å². The Bertz CT molecular complexity index is 1380. The molecule has 1 N–H and O–H groups in total. The fourth-order valence-electron chi connectivity index (χ4n) is 5.72. The molecule has 8 nitrogen and oxygen atoms in total. The van der Waals surface area contributed by atoms with Gasteiger partial charge in [-0.25, -0.2) is 13.6 Å². The topological polar surface area (TPSA) is 88.6 Å². The largest absolute Gasteiger partial charge is 0.478 e. The second-order valence-corrected chi connectivity index (χ2v) is 10.6. The van der Waals surface area contributed by atoms with Crippen LogP contribution < -0.4 is 9.80 Å². The summed E-state index contributed by atoms with van der Waals surface area (Å²) in [5, 5.41) is 22.8. The molecule has 2 aliphatic rings. The molecule has 210 valence electrons. The fourth-order valence-corrected chi connectivity index (χ4v) is 5.88. The van der Waals surface area contributed by atoms with Crippen LogP contribution in [0.4, 0.5) is 20.2 Å². The maximum Gasteiger partial charge on any atom is 0.339 e. The van der Waals surface area contributed by atoms with Crippen molar-refractivity contribution in [1.82, 2.24) is 14.7 Å². The molecule has 1 atom stereocenters. The highest BCUT2D eigenvalue weighted by molar-refractivity contribution is 6.31. The van der Waals surface area contributed by atoms with E-state index in [4.69, 9.17) is 16.9 Å². The number of rotatable bonds is 8. The Morgan fingerprint density at radius 3 is 2.52 bits per heavy atom. The second kappa shape index (κ2) is 12.2. The molecule has 0 radical (unpaired) electrons. The average molecular weight is 569 g/mol. The van der Waals surface area contributed by atoms with E-state index in [1.807, 2.05) is 18.2 Å². The molecule has 5 rings (SSSR count). The summed E-state index contributed by atoms with van der Waals surface area (Å²) in [7, 11) is 0. The third kappa shape index (κ3) is 5.91. The number of alkyl halides is 2. The van der Waals surface area contributed by atoms with Crippen LogP contribution in [0.1, 0.15) is 47.8 Å². The molecule has 2 fully saturated rings. The van der Waals surface area contributed by atoms with Gasteiger partial charge in [-0.15, -0.1) is 0 Å². The molecule has 2 aliphatic heterocycles. The minimum absolute atomic E-state index is 0.396. The van der Waals surface area contributed by atoms with Crippen LogP contribution in [0.25, 0.3) is 11.1 Å². The maximum atomic E-state index is 13.9. The summed E-state index contributed by atoms with van der Waals surface area (Å²) in [4.78, 5) is 18.3. The number of halogens is 3. The quantitative estimate of drug-likeness (QED) is 0.372. The van der Waals surface area contributed by atoms with Crippen LogP contribution >= 0.6 is 11.6 Å². The standard InChI is InChI=1S/C29H31ClF2N6O2/c30-21-6-9-24(20-4-7-22(8-5-20)36-15-13-35(14-16-36)11-2-10-33)26(17-21)37-12-1-3-23(19-37)38-27(28(31)32)25(18-34-38)29(39)40/h4-9,17-18,23,28H,1-3,11-16,19H2,(H,39,40). The number of nitrogens with zero attached hydrogens (tertiary/aromatic N) is 6. The molecule has 1 unspecified atom stereocenters. The van der Waals surface area contributed by atoms with Gasteiger partial charge >= 0.3 is 5.97 Å².